The van der Waals surface area contributed by atoms with Gasteiger partial charge in [0, 0.05) is 19.2 Å². The first-order valence-corrected chi connectivity index (χ1v) is 11.3. The molecular weight excluding hydrogens is 440 g/mol. The molecule has 3 heterocycles. The molecule has 0 saturated carbocycles. The molecule has 33 heavy (non-hydrogen) atoms. The summed E-state index contributed by atoms with van der Waals surface area (Å²) in [4.78, 5) is 32.9. The van der Waals surface area contributed by atoms with Crippen LogP contribution in [0.3, 0.4) is 0 Å². The van der Waals surface area contributed by atoms with E-state index >= 15 is 0 Å². The van der Waals surface area contributed by atoms with Gasteiger partial charge in [0.15, 0.2) is 5.69 Å². The molecule has 0 radical (unpaired) electrons. The Labute approximate surface area is 191 Å². The largest absolute Gasteiger partial charge is 0.310 e. The van der Waals surface area contributed by atoms with E-state index in [4.69, 9.17) is 0 Å². The van der Waals surface area contributed by atoms with Crippen molar-refractivity contribution in [2.75, 3.05) is 5.75 Å². The standard InChI is InChI=1S/C22H20N8O2S/c1-14-19(21(32)30(28(14)2)15-8-4-3-5-9-15)29-22(25-26-27-29)33-13-12-18-23-17-11-7-6-10-16(17)20(31)24-18/h3-11H,12-13H2,1-2H3,(H,23,24,31). The van der Waals surface area contributed by atoms with Gasteiger partial charge in [0.1, 0.15) is 5.82 Å². The van der Waals surface area contributed by atoms with Gasteiger partial charge in [-0.05, 0) is 41.6 Å². The fourth-order valence-corrected chi connectivity index (χ4v) is 4.52. The molecule has 0 saturated heterocycles. The summed E-state index contributed by atoms with van der Waals surface area (Å²) in [5.74, 6) is 1.16. The number of para-hydroxylation sites is 2. The van der Waals surface area contributed by atoms with Crippen LogP contribution in [-0.2, 0) is 13.5 Å². The van der Waals surface area contributed by atoms with E-state index in [0.717, 1.165) is 11.4 Å². The molecule has 0 bridgehead atoms. The molecule has 0 amide bonds. The lowest BCUT2D eigenvalue weighted by molar-refractivity contribution is 0.630. The first-order chi connectivity index (χ1) is 16.0. The van der Waals surface area contributed by atoms with Crippen molar-refractivity contribution in [3.8, 4) is 11.4 Å². The zero-order valence-electron chi connectivity index (χ0n) is 18.0. The Kier molecular flexibility index (Phi) is 5.38. The van der Waals surface area contributed by atoms with E-state index < -0.39 is 0 Å². The molecule has 5 aromatic rings. The van der Waals surface area contributed by atoms with E-state index in [0.29, 0.717) is 39.7 Å². The number of hydrogen-bond donors (Lipinski definition) is 1. The Morgan fingerprint density at radius 1 is 1.03 bits per heavy atom. The minimum atomic E-state index is -0.212. The van der Waals surface area contributed by atoms with Crippen LogP contribution < -0.4 is 11.1 Å². The van der Waals surface area contributed by atoms with Gasteiger partial charge in [-0.15, -0.1) is 5.10 Å². The SMILES string of the molecule is Cc1c(-n2nnnc2SCCc2nc3ccccc3c(=O)[nH]2)c(=O)n(-c2ccccc2)n1C. The molecule has 11 heteroatoms. The minimum absolute atomic E-state index is 0.160. The first kappa shape index (κ1) is 20.9. The van der Waals surface area contributed by atoms with E-state index in [9.17, 15) is 9.59 Å². The quantitative estimate of drug-likeness (QED) is 0.385. The first-order valence-electron chi connectivity index (χ1n) is 10.3. The van der Waals surface area contributed by atoms with Crippen LogP contribution in [0, 0.1) is 6.92 Å². The van der Waals surface area contributed by atoms with Crippen molar-refractivity contribution in [1.82, 2.24) is 39.5 Å². The van der Waals surface area contributed by atoms with Crippen LogP contribution in [-0.4, -0.2) is 45.3 Å². The number of rotatable bonds is 6. The topological polar surface area (TPSA) is 116 Å². The number of benzene rings is 2. The third kappa shape index (κ3) is 3.76. The highest BCUT2D eigenvalue weighted by Crippen LogP contribution is 2.20. The predicted octanol–water partition coefficient (Wildman–Crippen LogP) is 2.03. The number of aryl methyl sites for hydroxylation is 1. The normalized spacial score (nSPS) is 11.3. The van der Waals surface area contributed by atoms with Crippen molar-refractivity contribution in [2.45, 2.75) is 18.5 Å². The number of hydrogen-bond acceptors (Lipinski definition) is 7. The lowest BCUT2D eigenvalue weighted by Gasteiger charge is -2.07. The fourth-order valence-electron chi connectivity index (χ4n) is 3.70. The molecule has 0 aliphatic carbocycles. The van der Waals surface area contributed by atoms with Crippen LogP contribution in [0.1, 0.15) is 11.5 Å². The molecule has 0 atom stereocenters. The molecule has 1 N–H and O–H groups in total. The number of tetrazole rings is 1. The second kappa shape index (κ2) is 8.51. The van der Waals surface area contributed by atoms with Gasteiger partial charge in [-0.3, -0.25) is 14.3 Å². The van der Waals surface area contributed by atoms with Crippen LogP contribution in [0.15, 0.2) is 69.3 Å². The Bertz CT molecular complexity index is 1570. The van der Waals surface area contributed by atoms with Gasteiger partial charge in [-0.25, -0.2) is 9.67 Å². The molecule has 0 unspecified atom stereocenters. The Hall–Kier alpha value is -3.99. The highest BCUT2D eigenvalue weighted by molar-refractivity contribution is 7.99. The van der Waals surface area contributed by atoms with Crippen LogP contribution in [0.5, 0.6) is 0 Å². The molecule has 10 nitrogen and oxygen atoms in total. The second-order valence-corrected chi connectivity index (χ2v) is 8.47. The molecule has 0 aliphatic heterocycles. The zero-order chi connectivity index (χ0) is 22.9. The third-order valence-corrected chi connectivity index (χ3v) is 6.33. The molecule has 166 valence electrons. The van der Waals surface area contributed by atoms with Crippen LogP contribution >= 0.6 is 11.8 Å². The third-order valence-electron chi connectivity index (χ3n) is 5.41. The number of nitrogens with one attached hydrogen (secondary N) is 1. The highest BCUT2D eigenvalue weighted by atomic mass is 32.2. The second-order valence-electron chi connectivity index (χ2n) is 7.41. The molecule has 2 aromatic carbocycles. The van der Waals surface area contributed by atoms with Gasteiger partial charge in [-0.1, -0.05) is 42.1 Å². The summed E-state index contributed by atoms with van der Waals surface area (Å²) in [5, 5.41) is 13.0. The van der Waals surface area contributed by atoms with Gasteiger partial charge in [0.25, 0.3) is 11.1 Å². The summed E-state index contributed by atoms with van der Waals surface area (Å²) in [6.07, 6.45) is 0.514. The van der Waals surface area contributed by atoms with E-state index in [-0.39, 0.29) is 11.1 Å². The number of fused-ring (bicyclic) bond motifs is 1. The van der Waals surface area contributed by atoms with E-state index in [1.54, 1.807) is 15.4 Å². The maximum Gasteiger partial charge on any atom is 0.297 e. The van der Waals surface area contributed by atoms with Gasteiger partial charge in [0.2, 0.25) is 5.16 Å². The lowest BCUT2D eigenvalue weighted by atomic mass is 10.2. The van der Waals surface area contributed by atoms with Gasteiger partial charge in [-0.2, -0.15) is 4.68 Å². The van der Waals surface area contributed by atoms with Crippen LogP contribution in [0.25, 0.3) is 22.3 Å². The molecule has 0 fully saturated rings. The minimum Gasteiger partial charge on any atom is -0.310 e. The van der Waals surface area contributed by atoms with Crippen LogP contribution in [0.2, 0.25) is 0 Å². The van der Waals surface area contributed by atoms with Gasteiger partial charge in [0.05, 0.1) is 22.3 Å². The maximum atomic E-state index is 13.3. The Morgan fingerprint density at radius 3 is 2.61 bits per heavy atom. The number of thioether (sulfide) groups is 1. The van der Waals surface area contributed by atoms with E-state index in [1.165, 1.54) is 16.4 Å². The monoisotopic (exact) mass is 460 g/mol. The number of aromatic amines is 1. The zero-order valence-corrected chi connectivity index (χ0v) is 18.8. The Balaban J connectivity index is 1.41. The molecule has 3 aromatic heterocycles. The Morgan fingerprint density at radius 2 is 1.79 bits per heavy atom. The maximum absolute atomic E-state index is 13.3. The summed E-state index contributed by atoms with van der Waals surface area (Å²) in [6.45, 7) is 1.86. The summed E-state index contributed by atoms with van der Waals surface area (Å²) >= 11 is 1.39. The average Bonchev–Trinajstić information content (AvgIpc) is 3.36. The summed E-state index contributed by atoms with van der Waals surface area (Å²) in [7, 11) is 1.83. The number of H-pyrrole nitrogens is 1. The molecule has 0 spiro atoms. The van der Waals surface area contributed by atoms with E-state index in [1.807, 2.05) is 62.5 Å². The molecular formula is C22H20N8O2S. The van der Waals surface area contributed by atoms with Crippen molar-refractivity contribution in [3.63, 3.8) is 0 Å². The van der Waals surface area contributed by atoms with Gasteiger partial charge >= 0.3 is 0 Å². The van der Waals surface area contributed by atoms with Crippen molar-refractivity contribution in [3.05, 3.63) is 86.8 Å². The van der Waals surface area contributed by atoms with Crippen molar-refractivity contribution in [1.29, 1.82) is 0 Å². The summed E-state index contributed by atoms with van der Waals surface area (Å²) in [6, 6.07) is 16.6. The van der Waals surface area contributed by atoms with Crippen molar-refractivity contribution < 1.29 is 0 Å². The van der Waals surface area contributed by atoms with Crippen LogP contribution in [0.4, 0.5) is 0 Å². The summed E-state index contributed by atoms with van der Waals surface area (Å²) < 4.78 is 4.84. The van der Waals surface area contributed by atoms with Gasteiger partial charge < -0.3 is 4.98 Å². The molecule has 0 aliphatic rings. The van der Waals surface area contributed by atoms with E-state index in [2.05, 4.69) is 25.5 Å². The molecule has 5 rings (SSSR count). The highest BCUT2D eigenvalue weighted by Gasteiger charge is 2.22. The smallest absolute Gasteiger partial charge is 0.297 e. The summed E-state index contributed by atoms with van der Waals surface area (Å²) in [5.41, 5.74) is 2.17. The number of aromatic nitrogens is 8. The average molecular weight is 461 g/mol. The number of nitrogens with zero attached hydrogens (tertiary/aromatic N) is 7. The van der Waals surface area contributed by atoms with Crippen molar-refractivity contribution in [2.24, 2.45) is 7.05 Å². The predicted molar refractivity (Wildman–Crippen MR) is 125 cm³/mol. The lowest BCUT2D eigenvalue weighted by Crippen LogP contribution is -2.22. The fraction of sp³-hybridized carbons (Fsp3) is 0.182. The van der Waals surface area contributed by atoms with Crippen molar-refractivity contribution >= 4 is 22.7 Å².